The third-order valence-electron chi connectivity index (χ3n) is 3.08. The Morgan fingerprint density at radius 1 is 1.26 bits per heavy atom. The summed E-state index contributed by atoms with van der Waals surface area (Å²) in [5.74, 6) is -0.163. The first-order valence-corrected chi connectivity index (χ1v) is 8.74. The minimum Gasteiger partial charge on any atom is -0.365 e. The Bertz CT molecular complexity index is 818. The molecule has 116 valence electrons. The fourth-order valence-corrected chi connectivity index (χ4v) is 2.92. The maximum atomic E-state index is 11.5. The molecule has 0 spiro atoms. The molecule has 0 aliphatic carbocycles. The fraction of sp³-hybridized carbons (Fsp3) is 0.0667. The normalized spacial score (nSPS) is 10.5. The van der Waals surface area contributed by atoms with E-state index < -0.39 is 5.91 Å². The molecule has 2 aromatic heterocycles. The number of nitrogens with zero attached hydrogens (tertiary/aromatic N) is 3. The molecule has 3 aromatic rings. The minimum absolute atomic E-state index is 0.259. The zero-order chi connectivity index (χ0) is 16.2. The largest absolute Gasteiger partial charge is 0.365 e. The van der Waals surface area contributed by atoms with Gasteiger partial charge in [0.05, 0.1) is 10.4 Å². The van der Waals surface area contributed by atoms with Crippen LogP contribution in [0.3, 0.4) is 0 Å². The highest BCUT2D eigenvalue weighted by Gasteiger charge is 2.12. The summed E-state index contributed by atoms with van der Waals surface area (Å²) in [6, 6.07) is 7.80. The van der Waals surface area contributed by atoms with Gasteiger partial charge >= 0.3 is 0 Å². The molecule has 3 N–H and O–H groups in total. The first-order chi connectivity index (χ1) is 11.2. The molecule has 8 heteroatoms. The second kappa shape index (κ2) is 6.76. The predicted octanol–water partition coefficient (Wildman–Crippen LogP) is 3.16. The number of thiazole rings is 1. The third-order valence-corrected chi connectivity index (χ3v) is 4.46. The van der Waals surface area contributed by atoms with Crippen LogP contribution in [0.4, 0.5) is 11.5 Å². The van der Waals surface area contributed by atoms with Crippen LogP contribution < -0.4 is 11.1 Å². The van der Waals surface area contributed by atoms with Crippen molar-refractivity contribution in [3.05, 3.63) is 47.7 Å². The molecule has 0 bridgehead atoms. The maximum absolute atomic E-state index is 11.5. The Kier molecular flexibility index (Phi) is 4.54. The van der Waals surface area contributed by atoms with E-state index in [0.717, 1.165) is 16.1 Å². The van der Waals surface area contributed by atoms with Gasteiger partial charge in [0.1, 0.15) is 11.4 Å². The summed E-state index contributed by atoms with van der Waals surface area (Å²) >= 11 is 2.98. The van der Waals surface area contributed by atoms with E-state index in [1.807, 2.05) is 36.7 Å². The number of amides is 1. The summed E-state index contributed by atoms with van der Waals surface area (Å²) in [5.41, 5.74) is 9.33. The van der Waals surface area contributed by atoms with Crippen LogP contribution in [-0.4, -0.2) is 27.1 Å². The van der Waals surface area contributed by atoms with Crippen molar-refractivity contribution in [2.45, 2.75) is 5.16 Å². The lowest BCUT2D eigenvalue weighted by Gasteiger charge is -2.10. The number of benzene rings is 1. The summed E-state index contributed by atoms with van der Waals surface area (Å²) < 4.78 is 0. The van der Waals surface area contributed by atoms with Crippen molar-refractivity contribution >= 4 is 40.5 Å². The molecular formula is C15H13N5OS2. The van der Waals surface area contributed by atoms with Gasteiger partial charge in [-0.1, -0.05) is 23.9 Å². The number of carbonyl (C=O) groups excluding carboxylic acids is 1. The van der Waals surface area contributed by atoms with Crippen molar-refractivity contribution < 1.29 is 4.79 Å². The van der Waals surface area contributed by atoms with Crippen LogP contribution in [0.1, 0.15) is 10.4 Å². The van der Waals surface area contributed by atoms with Gasteiger partial charge < -0.3 is 11.1 Å². The SMILES string of the molecule is CSc1ncc(C(N)=O)c(Nc2ccc(-c3cncs3)cc2)n1. The number of nitrogens with two attached hydrogens (primary N) is 1. The Labute approximate surface area is 141 Å². The van der Waals surface area contributed by atoms with E-state index in [2.05, 4.69) is 20.3 Å². The van der Waals surface area contributed by atoms with Crippen molar-refractivity contribution in [3.63, 3.8) is 0 Å². The van der Waals surface area contributed by atoms with E-state index in [1.54, 1.807) is 16.8 Å². The van der Waals surface area contributed by atoms with E-state index >= 15 is 0 Å². The number of aromatic nitrogens is 3. The summed E-state index contributed by atoms with van der Waals surface area (Å²) in [4.78, 5) is 25.1. The monoisotopic (exact) mass is 343 g/mol. The number of hydrogen-bond acceptors (Lipinski definition) is 7. The molecule has 1 aromatic carbocycles. The molecule has 6 nitrogen and oxygen atoms in total. The standard InChI is InChI=1S/C15H13N5OS2/c1-22-15-18-6-11(13(16)21)14(20-15)19-10-4-2-9(3-5-10)12-7-17-8-23-12/h2-8H,1H3,(H2,16,21)(H,18,19,20). The summed E-state index contributed by atoms with van der Waals surface area (Å²) in [7, 11) is 0. The summed E-state index contributed by atoms with van der Waals surface area (Å²) in [5, 5.41) is 3.69. The highest BCUT2D eigenvalue weighted by atomic mass is 32.2. The third kappa shape index (κ3) is 3.49. The van der Waals surface area contributed by atoms with Crippen molar-refractivity contribution in [1.29, 1.82) is 0 Å². The fourth-order valence-electron chi connectivity index (χ4n) is 1.95. The topological polar surface area (TPSA) is 93.8 Å². The Morgan fingerprint density at radius 2 is 2.04 bits per heavy atom. The van der Waals surface area contributed by atoms with Crippen molar-refractivity contribution in [2.24, 2.45) is 5.73 Å². The summed E-state index contributed by atoms with van der Waals surface area (Å²) in [6.45, 7) is 0. The molecule has 0 fully saturated rings. The number of primary amides is 1. The van der Waals surface area contributed by atoms with Crippen molar-refractivity contribution in [2.75, 3.05) is 11.6 Å². The van der Waals surface area contributed by atoms with Crippen molar-refractivity contribution in [3.8, 4) is 10.4 Å². The first kappa shape index (κ1) is 15.4. The van der Waals surface area contributed by atoms with Crippen LogP contribution in [0.25, 0.3) is 10.4 Å². The predicted molar refractivity (Wildman–Crippen MR) is 93.2 cm³/mol. The van der Waals surface area contributed by atoms with Crippen LogP contribution in [0.5, 0.6) is 0 Å². The molecule has 0 aliphatic rings. The van der Waals surface area contributed by atoms with Crippen LogP contribution in [0, 0.1) is 0 Å². The molecule has 0 aliphatic heterocycles. The highest BCUT2D eigenvalue weighted by molar-refractivity contribution is 7.98. The Balaban J connectivity index is 1.88. The van der Waals surface area contributed by atoms with Crippen LogP contribution in [0.15, 0.2) is 47.3 Å². The Hall–Kier alpha value is -2.45. The van der Waals surface area contributed by atoms with E-state index in [4.69, 9.17) is 5.73 Å². The van der Waals surface area contributed by atoms with Gasteiger partial charge in [0.2, 0.25) is 0 Å². The molecular weight excluding hydrogens is 330 g/mol. The van der Waals surface area contributed by atoms with Gasteiger partial charge in [0.25, 0.3) is 5.91 Å². The molecule has 0 saturated heterocycles. The number of nitrogens with one attached hydrogen (secondary N) is 1. The smallest absolute Gasteiger partial charge is 0.254 e. The van der Waals surface area contributed by atoms with Crippen molar-refractivity contribution in [1.82, 2.24) is 15.0 Å². The van der Waals surface area contributed by atoms with E-state index in [9.17, 15) is 4.79 Å². The number of carbonyl (C=O) groups is 1. The number of hydrogen-bond donors (Lipinski definition) is 2. The van der Waals surface area contributed by atoms with E-state index in [-0.39, 0.29) is 5.56 Å². The highest BCUT2D eigenvalue weighted by Crippen LogP contribution is 2.26. The number of anilines is 2. The molecule has 2 heterocycles. The second-order valence-corrected chi connectivity index (χ2v) is 6.21. The van der Waals surface area contributed by atoms with E-state index in [1.165, 1.54) is 18.0 Å². The first-order valence-electron chi connectivity index (χ1n) is 6.64. The van der Waals surface area contributed by atoms with Gasteiger partial charge in [-0.15, -0.1) is 11.3 Å². The number of thioether (sulfide) groups is 1. The summed E-state index contributed by atoms with van der Waals surface area (Å²) in [6.07, 6.45) is 5.13. The zero-order valence-corrected chi connectivity index (χ0v) is 13.8. The molecule has 1 amide bonds. The van der Waals surface area contributed by atoms with Gasteiger partial charge in [-0.3, -0.25) is 9.78 Å². The quantitative estimate of drug-likeness (QED) is 0.546. The van der Waals surface area contributed by atoms with E-state index in [0.29, 0.717) is 11.0 Å². The lowest BCUT2D eigenvalue weighted by Crippen LogP contribution is -2.15. The second-order valence-electron chi connectivity index (χ2n) is 4.55. The van der Waals surface area contributed by atoms with Crippen LogP contribution in [-0.2, 0) is 0 Å². The van der Waals surface area contributed by atoms with Gasteiger partial charge in [-0.2, -0.15) is 0 Å². The molecule has 0 atom stereocenters. The maximum Gasteiger partial charge on any atom is 0.254 e. The van der Waals surface area contributed by atoms with Gasteiger partial charge in [-0.05, 0) is 24.0 Å². The lowest BCUT2D eigenvalue weighted by atomic mass is 10.2. The molecule has 3 rings (SSSR count). The lowest BCUT2D eigenvalue weighted by molar-refractivity contribution is 0.100. The average Bonchev–Trinajstić information content (AvgIpc) is 3.09. The molecule has 0 unspecified atom stereocenters. The van der Waals surface area contributed by atoms with Gasteiger partial charge in [0, 0.05) is 18.1 Å². The molecule has 23 heavy (non-hydrogen) atoms. The molecule has 0 saturated carbocycles. The van der Waals surface area contributed by atoms with Gasteiger partial charge in [0.15, 0.2) is 5.16 Å². The Morgan fingerprint density at radius 3 is 2.65 bits per heavy atom. The van der Waals surface area contributed by atoms with Gasteiger partial charge in [-0.25, -0.2) is 9.97 Å². The van der Waals surface area contributed by atoms with Crippen LogP contribution in [0.2, 0.25) is 0 Å². The van der Waals surface area contributed by atoms with Crippen LogP contribution >= 0.6 is 23.1 Å². The number of rotatable bonds is 5. The zero-order valence-electron chi connectivity index (χ0n) is 12.2. The minimum atomic E-state index is -0.568. The average molecular weight is 343 g/mol. The molecule has 0 radical (unpaired) electrons.